The van der Waals surface area contributed by atoms with Gasteiger partial charge in [-0.15, -0.1) is 11.3 Å². The standard InChI is InChI=1S/C22H25N3OS/c1-2-18-13-24-22(27-18)25-19(12-23)21(20(25)14-26)17-10-8-16(9-11-17)15-6-4-3-5-7-15/h6,8-11,13,19-21,26H,2-5,7,14H2,1H3/t19-,20-,21+/m1/s1. The third-order valence-corrected chi connectivity index (χ3v) is 6.95. The third kappa shape index (κ3) is 3.28. The van der Waals surface area contributed by atoms with Crippen LogP contribution < -0.4 is 4.90 Å². The Morgan fingerprint density at radius 3 is 2.70 bits per heavy atom. The van der Waals surface area contributed by atoms with Gasteiger partial charge in [0.1, 0.15) is 6.04 Å². The zero-order valence-electron chi connectivity index (χ0n) is 15.6. The minimum absolute atomic E-state index is 0.0170. The fourth-order valence-electron chi connectivity index (χ4n) is 4.27. The van der Waals surface area contributed by atoms with E-state index in [0.717, 1.165) is 23.5 Å². The van der Waals surface area contributed by atoms with E-state index in [1.54, 1.807) is 11.3 Å². The summed E-state index contributed by atoms with van der Waals surface area (Å²) in [5, 5.41) is 20.6. The molecular weight excluding hydrogens is 354 g/mol. The average molecular weight is 380 g/mol. The summed E-state index contributed by atoms with van der Waals surface area (Å²) in [6.45, 7) is 2.13. The third-order valence-electron chi connectivity index (χ3n) is 5.80. The molecule has 5 heteroatoms. The van der Waals surface area contributed by atoms with Gasteiger partial charge in [-0.05, 0) is 48.8 Å². The largest absolute Gasteiger partial charge is 0.394 e. The fourth-order valence-corrected chi connectivity index (χ4v) is 5.21. The van der Waals surface area contributed by atoms with E-state index in [1.807, 2.05) is 11.1 Å². The van der Waals surface area contributed by atoms with Gasteiger partial charge < -0.3 is 10.0 Å². The molecule has 0 spiro atoms. The Balaban J connectivity index is 1.57. The summed E-state index contributed by atoms with van der Waals surface area (Å²) in [6, 6.07) is 10.7. The number of thiazole rings is 1. The van der Waals surface area contributed by atoms with E-state index in [9.17, 15) is 10.4 Å². The van der Waals surface area contributed by atoms with Crippen molar-refractivity contribution < 1.29 is 5.11 Å². The number of aryl methyl sites for hydroxylation is 1. The second kappa shape index (κ2) is 7.84. The van der Waals surface area contributed by atoms with Gasteiger partial charge in [0.25, 0.3) is 0 Å². The molecule has 1 N–H and O–H groups in total. The van der Waals surface area contributed by atoms with Gasteiger partial charge in [0, 0.05) is 17.0 Å². The van der Waals surface area contributed by atoms with E-state index in [-0.39, 0.29) is 24.6 Å². The number of nitrogens with zero attached hydrogens (tertiary/aromatic N) is 3. The zero-order chi connectivity index (χ0) is 18.8. The molecule has 2 aromatic rings. The summed E-state index contributed by atoms with van der Waals surface area (Å²) >= 11 is 1.62. The molecule has 27 heavy (non-hydrogen) atoms. The van der Waals surface area contributed by atoms with Crippen LogP contribution in [0.4, 0.5) is 5.13 Å². The molecule has 3 atom stereocenters. The van der Waals surface area contributed by atoms with Crippen molar-refractivity contribution in [2.45, 2.75) is 57.0 Å². The number of aliphatic hydroxyl groups is 1. The molecule has 140 valence electrons. The van der Waals surface area contributed by atoms with Crippen LogP contribution in [-0.2, 0) is 6.42 Å². The first-order valence-electron chi connectivity index (χ1n) is 9.79. The molecule has 1 aliphatic heterocycles. The van der Waals surface area contributed by atoms with Crippen molar-refractivity contribution in [1.82, 2.24) is 4.98 Å². The average Bonchev–Trinajstić information content (AvgIpc) is 3.17. The van der Waals surface area contributed by atoms with Crippen molar-refractivity contribution in [1.29, 1.82) is 5.26 Å². The summed E-state index contributed by atoms with van der Waals surface area (Å²) in [5.41, 5.74) is 3.86. The second-order valence-corrected chi connectivity index (χ2v) is 8.41. The molecule has 4 nitrogen and oxygen atoms in total. The molecule has 2 heterocycles. The van der Waals surface area contributed by atoms with Crippen molar-refractivity contribution >= 4 is 22.0 Å². The van der Waals surface area contributed by atoms with Crippen LogP contribution in [0.15, 0.2) is 36.5 Å². The predicted octanol–water partition coefficient (Wildman–Crippen LogP) is 4.52. The van der Waals surface area contributed by atoms with Crippen LogP contribution in [0.25, 0.3) is 5.57 Å². The van der Waals surface area contributed by atoms with Crippen LogP contribution in [0.1, 0.15) is 54.5 Å². The van der Waals surface area contributed by atoms with Crippen molar-refractivity contribution in [3.8, 4) is 6.07 Å². The zero-order valence-corrected chi connectivity index (χ0v) is 16.5. The maximum atomic E-state index is 10.0. The summed E-state index contributed by atoms with van der Waals surface area (Å²) in [7, 11) is 0. The lowest BCUT2D eigenvalue weighted by atomic mass is 9.76. The van der Waals surface area contributed by atoms with Gasteiger partial charge in [-0.2, -0.15) is 5.26 Å². The number of hydrogen-bond donors (Lipinski definition) is 1. The highest BCUT2D eigenvalue weighted by molar-refractivity contribution is 7.15. The molecule has 2 aliphatic rings. The van der Waals surface area contributed by atoms with E-state index < -0.39 is 0 Å². The van der Waals surface area contributed by atoms with Gasteiger partial charge in [0.2, 0.25) is 0 Å². The van der Waals surface area contributed by atoms with Crippen LogP contribution in [0, 0.1) is 11.3 Å². The highest BCUT2D eigenvalue weighted by Gasteiger charge is 2.50. The quantitative estimate of drug-likeness (QED) is 0.830. The molecule has 0 bridgehead atoms. The molecule has 1 aliphatic carbocycles. The molecule has 0 saturated carbocycles. The Bertz CT molecular complexity index is 864. The minimum Gasteiger partial charge on any atom is -0.394 e. The number of benzene rings is 1. The van der Waals surface area contributed by atoms with Crippen LogP contribution in [0.5, 0.6) is 0 Å². The van der Waals surface area contributed by atoms with Crippen LogP contribution in [-0.4, -0.2) is 28.8 Å². The van der Waals surface area contributed by atoms with Gasteiger partial charge >= 0.3 is 0 Å². The van der Waals surface area contributed by atoms with E-state index in [0.29, 0.717) is 0 Å². The van der Waals surface area contributed by atoms with Gasteiger partial charge in [-0.3, -0.25) is 0 Å². The first-order chi connectivity index (χ1) is 13.3. The number of rotatable bonds is 5. The second-order valence-electron chi connectivity index (χ2n) is 7.32. The number of anilines is 1. The Hall–Kier alpha value is -2.16. The maximum absolute atomic E-state index is 10.0. The van der Waals surface area contributed by atoms with Crippen molar-refractivity contribution in [2.75, 3.05) is 11.5 Å². The van der Waals surface area contributed by atoms with Gasteiger partial charge in [0.05, 0.1) is 18.7 Å². The molecule has 1 fully saturated rings. The molecule has 4 rings (SSSR count). The highest BCUT2D eigenvalue weighted by Crippen LogP contribution is 2.45. The monoisotopic (exact) mass is 379 g/mol. The highest BCUT2D eigenvalue weighted by atomic mass is 32.1. The smallest absolute Gasteiger partial charge is 0.186 e. The van der Waals surface area contributed by atoms with Gasteiger partial charge in [-0.25, -0.2) is 4.98 Å². The van der Waals surface area contributed by atoms with Gasteiger partial charge in [-0.1, -0.05) is 37.3 Å². The predicted molar refractivity (Wildman–Crippen MR) is 110 cm³/mol. The number of allylic oxidation sites excluding steroid dienone is 2. The van der Waals surface area contributed by atoms with Crippen molar-refractivity contribution in [3.05, 3.63) is 52.5 Å². The number of aromatic nitrogens is 1. The molecule has 1 aromatic heterocycles. The SMILES string of the molecule is CCc1cnc(N2[C@H](C#N)[C@H](c3ccc(C4=CCCCC4)cc3)[C@H]2CO)s1. The molecule has 0 amide bonds. The normalized spacial score (nSPS) is 24.9. The van der Waals surface area contributed by atoms with E-state index in [4.69, 9.17) is 0 Å². The Morgan fingerprint density at radius 1 is 1.30 bits per heavy atom. The van der Waals surface area contributed by atoms with Gasteiger partial charge in [0.15, 0.2) is 5.13 Å². The maximum Gasteiger partial charge on any atom is 0.186 e. The minimum atomic E-state index is -0.280. The summed E-state index contributed by atoms with van der Waals surface area (Å²) in [4.78, 5) is 7.68. The molecule has 1 aromatic carbocycles. The molecule has 1 saturated heterocycles. The summed E-state index contributed by atoms with van der Waals surface area (Å²) in [6.07, 6.45) is 10.0. The number of hydrogen-bond acceptors (Lipinski definition) is 5. The summed E-state index contributed by atoms with van der Waals surface area (Å²) in [5.74, 6) is 0.0170. The lowest BCUT2D eigenvalue weighted by molar-refractivity contribution is 0.187. The van der Waals surface area contributed by atoms with Crippen LogP contribution in [0.3, 0.4) is 0 Å². The molecule has 0 radical (unpaired) electrons. The van der Waals surface area contributed by atoms with E-state index >= 15 is 0 Å². The van der Waals surface area contributed by atoms with Crippen molar-refractivity contribution in [3.63, 3.8) is 0 Å². The Labute approximate surface area is 164 Å². The van der Waals surface area contributed by atoms with E-state index in [1.165, 1.54) is 35.3 Å². The topological polar surface area (TPSA) is 60.2 Å². The Kier molecular flexibility index (Phi) is 5.29. The number of nitriles is 1. The lowest BCUT2D eigenvalue weighted by Crippen LogP contribution is -2.63. The first-order valence-corrected chi connectivity index (χ1v) is 10.6. The molecule has 0 unspecified atom stereocenters. The first kappa shape index (κ1) is 18.2. The van der Waals surface area contributed by atoms with Crippen LogP contribution >= 0.6 is 11.3 Å². The fraction of sp³-hybridized carbons (Fsp3) is 0.455. The molecular formula is C22H25N3OS. The van der Waals surface area contributed by atoms with Crippen molar-refractivity contribution in [2.24, 2.45) is 0 Å². The van der Waals surface area contributed by atoms with Crippen LogP contribution in [0.2, 0.25) is 0 Å². The summed E-state index contributed by atoms with van der Waals surface area (Å²) < 4.78 is 0. The van der Waals surface area contributed by atoms with E-state index in [2.05, 4.69) is 48.3 Å². The lowest BCUT2D eigenvalue weighted by Gasteiger charge is -2.51. The Morgan fingerprint density at radius 2 is 2.11 bits per heavy atom. The number of aliphatic hydroxyl groups excluding tert-OH is 1.